The Balaban J connectivity index is 1.60. The Bertz CT molecular complexity index is 1400. The van der Waals surface area contributed by atoms with E-state index in [2.05, 4.69) is 15.4 Å². The number of fused-ring (bicyclic) bond motifs is 1. The summed E-state index contributed by atoms with van der Waals surface area (Å²) in [6.07, 6.45) is 1.44. The number of methoxy groups -OCH3 is 1. The van der Waals surface area contributed by atoms with Crippen molar-refractivity contribution in [2.75, 3.05) is 11.8 Å². The molecule has 0 saturated carbocycles. The number of hydrogen-bond donors (Lipinski definition) is 4. The van der Waals surface area contributed by atoms with E-state index in [1.165, 1.54) is 49.7 Å². The van der Waals surface area contributed by atoms with Crippen LogP contribution in [0.4, 0.5) is 5.69 Å². The Labute approximate surface area is 196 Å². The van der Waals surface area contributed by atoms with Gasteiger partial charge in [-0.25, -0.2) is 8.42 Å². The summed E-state index contributed by atoms with van der Waals surface area (Å²) in [6.45, 7) is 0.276. The molecule has 2 amide bonds. The van der Waals surface area contributed by atoms with Crippen molar-refractivity contribution >= 4 is 33.1 Å². The number of imide groups is 1. The number of phenolic OH excluding ortho intramolecular Hbond substituents is 1. The van der Waals surface area contributed by atoms with E-state index in [1.54, 1.807) is 30.3 Å². The summed E-state index contributed by atoms with van der Waals surface area (Å²) in [7, 11) is -2.40. The average molecular weight is 480 g/mol. The van der Waals surface area contributed by atoms with Crippen molar-refractivity contribution in [3.8, 4) is 11.5 Å². The SMILES string of the molecule is COc1ccc(CN/C=C2\C(=O)NC(=O)c3ccc(NS(=O)(=O)c4ccccc4)cc32)cc1O. The minimum atomic E-state index is -3.85. The molecular weight excluding hydrogens is 458 g/mol. The number of benzene rings is 3. The number of hydrogen-bond acceptors (Lipinski definition) is 7. The van der Waals surface area contributed by atoms with Crippen molar-refractivity contribution < 1.29 is 27.9 Å². The van der Waals surface area contributed by atoms with Gasteiger partial charge in [0.25, 0.3) is 21.8 Å². The molecule has 34 heavy (non-hydrogen) atoms. The maximum Gasteiger partial charge on any atom is 0.261 e. The second-order valence-corrected chi connectivity index (χ2v) is 9.09. The van der Waals surface area contributed by atoms with Crippen LogP contribution in [-0.2, 0) is 21.4 Å². The molecule has 0 unspecified atom stereocenters. The summed E-state index contributed by atoms with van der Waals surface area (Å²) >= 11 is 0. The number of aromatic hydroxyl groups is 1. The smallest absolute Gasteiger partial charge is 0.261 e. The first-order valence-corrected chi connectivity index (χ1v) is 11.6. The third-order valence-electron chi connectivity index (χ3n) is 5.13. The fourth-order valence-electron chi connectivity index (χ4n) is 3.46. The molecule has 1 heterocycles. The third kappa shape index (κ3) is 4.71. The second-order valence-electron chi connectivity index (χ2n) is 7.41. The van der Waals surface area contributed by atoms with Gasteiger partial charge in [0.2, 0.25) is 0 Å². The molecule has 0 atom stereocenters. The van der Waals surface area contributed by atoms with Crippen LogP contribution in [0.2, 0.25) is 0 Å². The molecule has 9 nitrogen and oxygen atoms in total. The van der Waals surface area contributed by atoms with Crippen molar-refractivity contribution in [1.29, 1.82) is 0 Å². The normalized spacial score (nSPS) is 14.3. The van der Waals surface area contributed by atoms with Crippen molar-refractivity contribution in [1.82, 2.24) is 10.6 Å². The highest BCUT2D eigenvalue weighted by atomic mass is 32.2. The number of rotatable bonds is 7. The number of sulfonamides is 1. The summed E-state index contributed by atoms with van der Waals surface area (Å²) in [4.78, 5) is 24.9. The number of carbonyl (C=O) groups is 2. The quantitative estimate of drug-likeness (QED) is 0.302. The maximum atomic E-state index is 12.7. The standard InChI is InChI=1S/C24H21N3O6S/c1-33-22-10-7-15(11-21(22)28)13-25-14-20-19-12-16(8-9-18(19)23(29)26-24(20)30)27-34(31,32)17-5-3-2-4-6-17/h2-12,14,25,27-28H,13H2,1H3,(H,26,29,30)/b20-14-. The van der Waals surface area contributed by atoms with Crippen molar-refractivity contribution in [3.63, 3.8) is 0 Å². The number of amides is 2. The fourth-order valence-corrected chi connectivity index (χ4v) is 4.53. The van der Waals surface area contributed by atoms with Gasteiger partial charge in [-0.05, 0) is 48.0 Å². The van der Waals surface area contributed by atoms with Crippen LogP contribution in [0.15, 0.2) is 77.8 Å². The molecule has 1 aliphatic rings. The van der Waals surface area contributed by atoms with E-state index < -0.39 is 21.8 Å². The zero-order valence-electron chi connectivity index (χ0n) is 18.0. The Hall–Kier alpha value is -4.31. The Morgan fingerprint density at radius 2 is 1.74 bits per heavy atom. The van der Waals surface area contributed by atoms with E-state index in [1.807, 2.05) is 0 Å². The van der Waals surface area contributed by atoms with Gasteiger partial charge < -0.3 is 15.2 Å². The van der Waals surface area contributed by atoms with Gasteiger partial charge in [-0.1, -0.05) is 24.3 Å². The first kappa shape index (κ1) is 22.9. The summed E-state index contributed by atoms with van der Waals surface area (Å²) in [6, 6.07) is 17.1. The van der Waals surface area contributed by atoms with E-state index in [0.29, 0.717) is 5.75 Å². The van der Waals surface area contributed by atoms with E-state index in [0.717, 1.165) is 5.56 Å². The van der Waals surface area contributed by atoms with Crippen LogP contribution in [0.5, 0.6) is 11.5 Å². The van der Waals surface area contributed by atoms with Crippen LogP contribution in [0, 0.1) is 0 Å². The van der Waals surface area contributed by atoms with Crippen LogP contribution < -0.4 is 20.1 Å². The largest absolute Gasteiger partial charge is 0.504 e. The monoisotopic (exact) mass is 479 g/mol. The third-order valence-corrected chi connectivity index (χ3v) is 6.52. The van der Waals surface area contributed by atoms with Crippen LogP contribution in [-0.4, -0.2) is 32.4 Å². The highest BCUT2D eigenvalue weighted by molar-refractivity contribution is 7.92. The molecule has 0 radical (unpaired) electrons. The number of phenols is 1. The lowest BCUT2D eigenvalue weighted by molar-refractivity contribution is -0.114. The van der Waals surface area contributed by atoms with Crippen molar-refractivity contribution in [2.45, 2.75) is 11.4 Å². The molecule has 0 aromatic heterocycles. The first-order chi connectivity index (χ1) is 16.3. The molecule has 0 saturated heterocycles. The van der Waals surface area contributed by atoms with E-state index >= 15 is 0 Å². The highest BCUT2D eigenvalue weighted by Crippen LogP contribution is 2.29. The fraction of sp³-hybridized carbons (Fsp3) is 0.0833. The van der Waals surface area contributed by atoms with Crippen LogP contribution >= 0.6 is 0 Å². The van der Waals surface area contributed by atoms with Gasteiger partial charge in [0, 0.05) is 29.6 Å². The van der Waals surface area contributed by atoms with Gasteiger partial charge in [-0.3, -0.25) is 19.6 Å². The number of anilines is 1. The van der Waals surface area contributed by atoms with Crippen molar-refractivity contribution in [2.24, 2.45) is 0 Å². The van der Waals surface area contributed by atoms with E-state index in [9.17, 15) is 23.1 Å². The zero-order chi connectivity index (χ0) is 24.3. The minimum absolute atomic E-state index is 0.0175. The molecular formula is C24H21N3O6S. The molecule has 10 heteroatoms. The molecule has 4 rings (SSSR count). The zero-order valence-corrected chi connectivity index (χ0v) is 18.8. The van der Waals surface area contributed by atoms with Gasteiger partial charge in [0.05, 0.1) is 17.6 Å². The molecule has 174 valence electrons. The lowest BCUT2D eigenvalue weighted by Crippen LogP contribution is -2.37. The summed E-state index contributed by atoms with van der Waals surface area (Å²) < 4.78 is 32.8. The Morgan fingerprint density at radius 3 is 2.44 bits per heavy atom. The van der Waals surface area contributed by atoms with Crippen LogP contribution in [0.3, 0.4) is 0 Å². The van der Waals surface area contributed by atoms with Crippen molar-refractivity contribution in [3.05, 3.63) is 89.6 Å². The van der Waals surface area contributed by atoms with Crippen LogP contribution in [0.25, 0.3) is 5.57 Å². The molecule has 0 fully saturated rings. The van der Waals surface area contributed by atoms with Gasteiger partial charge in [-0.15, -0.1) is 0 Å². The topological polar surface area (TPSA) is 134 Å². The van der Waals surface area contributed by atoms with E-state index in [-0.39, 0.29) is 39.6 Å². The lowest BCUT2D eigenvalue weighted by Gasteiger charge is -2.20. The number of carbonyl (C=O) groups excluding carboxylic acids is 2. The molecule has 1 aliphatic heterocycles. The predicted molar refractivity (Wildman–Crippen MR) is 126 cm³/mol. The molecule has 0 bridgehead atoms. The van der Waals surface area contributed by atoms with Gasteiger partial charge in [0.1, 0.15) is 0 Å². The average Bonchev–Trinajstić information content (AvgIpc) is 2.81. The van der Waals surface area contributed by atoms with E-state index in [4.69, 9.17) is 4.74 Å². The van der Waals surface area contributed by atoms with Crippen LogP contribution in [0.1, 0.15) is 21.5 Å². The number of ether oxygens (including phenoxy) is 1. The molecule has 0 spiro atoms. The molecule has 3 aromatic carbocycles. The lowest BCUT2D eigenvalue weighted by atomic mass is 9.95. The Kier molecular flexibility index (Phi) is 6.24. The highest BCUT2D eigenvalue weighted by Gasteiger charge is 2.28. The molecule has 3 aromatic rings. The second kappa shape index (κ2) is 9.28. The van der Waals surface area contributed by atoms with Gasteiger partial charge in [-0.2, -0.15) is 0 Å². The van der Waals surface area contributed by atoms with Gasteiger partial charge >= 0.3 is 0 Å². The van der Waals surface area contributed by atoms with Gasteiger partial charge in [0.15, 0.2) is 11.5 Å². The molecule has 4 N–H and O–H groups in total. The molecule has 0 aliphatic carbocycles. The minimum Gasteiger partial charge on any atom is -0.504 e. The Morgan fingerprint density at radius 1 is 0.971 bits per heavy atom. The summed E-state index contributed by atoms with van der Waals surface area (Å²) in [5.74, 6) is -0.872. The maximum absolute atomic E-state index is 12.7. The predicted octanol–water partition coefficient (Wildman–Crippen LogP) is 2.60. The first-order valence-electron chi connectivity index (χ1n) is 10.2. The summed E-state index contributed by atoms with van der Waals surface area (Å²) in [5, 5.41) is 15.2. The number of nitrogens with one attached hydrogen (secondary N) is 3. The summed E-state index contributed by atoms with van der Waals surface area (Å²) in [5.41, 5.74) is 1.61.